The fourth-order valence-corrected chi connectivity index (χ4v) is 5.14. The number of benzene rings is 2. The van der Waals surface area contributed by atoms with Crippen molar-refractivity contribution >= 4 is 11.0 Å². The van der Waals surface area contributed by atoms with Crippen LogP contribution in [0.1, 0.15) is 11.7 Å². The highest BCUT2D eigenvalue weighted by atomic mass is 16.7. The zero-order valence-electron chi connectivity index (χ0n) is 21.7. The number of ether oxygens (including phenoxy) is 3. The normalized spacial score (nSPS) is 33.6. The van der Waals surface area contributed by atoms with E-state index in [1.54, 1.807) is 0 Å². The van der Waals surface area contributed by atoms with Crippen molar-refractivity contribution in [3.63, 3.8) is 0 Å². The molecule has 10 N–H and O–H groups in total. The first-order chi connectivity index (χ1) is 20.0. The van der Waals surface area contributed by atoms with Crippen LogP contribution in [-0.4, -0.2) is 119 Å². The smallest absolute Gasteiger partial charge is 0.197 e. The Morgan fingerprint density at radius 1 is 0.714 bits per heavy atom. The van der Waals surface area contributed by atoms with Gasteiger partial charge in [-0.15, -0.1) is 0 Å². The fourth-order valence-electron chi connectivity index (χ4n) is 5.14. The third kappa shape index (κ3) is 5.20. The summed E-state index contributed by atoms with van der Waals surface area (Å²) in [6.07, 6.45) is -16.6. The predicted octanol–water partition coefficient (Wildman–Crippen LogP) is -2.08. The van der Waals surface area contributed by atoms with Gasteiger partial charge in [-0.05, 0) is 30.3 Å². The van der Waals surface area contributed by atoms with Gasteiger partial charge in [0.25, 0.3) is 0 Å². The Morgan fingerprint density at radius 2 is 1.36 bits per heavy atom. The standard InChI is InChI=1S/C27H30O15/c28-7-16-20(35)22(37)26(42-27-23(38)21(36)19(34)17(8-29)41-27)25(40-16)10-2-4-12(31)18-14(33)6-15(39-24(10)18)9-1-3-11(30)13(32)5-9/h1-6,16-17,19-23,25-32,34-38H,7-8H2. The summed E-state index contributed by atoms with van der Waals surface area (Å²) >= 11 is 0. The van der Waals surface area contributed by atoms with Gasteiger partial charge in [-0.3, -0.25) is 4.79 Å². The molecule has 3 heterocycles. The third-order valence-electron chi connectivity index (χ3n) is 7.46. The summed E-state index contributed by atoms with van der Waals surface area (Å²) in [4.78, 5) is 13.1. The van der Waals surface area contributed by atoms with Gasteiger partial charge in [0.2, 0.25) is 0 Å². The van der Waals surface area contributed by atoms with E-state index in [1.165, 1.54) is 12.1 Å². The quantitative estimate of drug-likeness (QED) is 0.137. The Labute approximate surface area is 236 Å². The highest BCUT2D eigenvalue weighted by Crippen LogP contribution is 2.41. The first kappa shape index (κ1) is 30.1. The maximum Gasteiger partial charge on any atom is 0.197 e. The molecule has 0 spiro atoms. The Balaban J connectivity index is 1.63. The lowest BCUT2D eigenvalue weighted by Crippen LogP contribution is -2.62. The van der Waals surface area contributed by atoms with Crippen LogP contribution in [0.15, 0.2) is 45.6 Å². The van der Waals surface area contributed by atoms with E-state index in [2.05, 4.69) is 0 Å². The van der Waals surface area contributed by atoms with Crippen molar-refractivity contribution < 1.29 is 69.7 Å². The lowest BCUT2D eigenvalue weighted by atomic mass is 9.89. The first-order valence-corrected chi connectivity index (χ1v) is 12.9. The summed E-state index contributed by atoms with van der Waals surface area (Å²) < 4.78 is 23.0. The molecule has 2 aliphatic heterocycles. The molecule has 0 amide bonds. The second kappa shape index (κ2) is 11.7. The van der Waals surface area contributed by atoms with Crippen LogP contribution in [0, 0.1) is 0 Å². The van der Waals surface area contributed by atoms with E-state index in [9.17, 15) is 55.9 Å². The van der Waals surface area contributed by atoms with Gasteiger partial charge in [0.15, 0.2) is 23.2 Å². The molecule has 2 aliphatic rings. The van der Waals surface area contributed by atoms with Crippen molar-refractivity contribution in [1.29, 1.82) is 0 Å². The number of phenols is 3. The molecule has 0 aliphatic carbocycles. The van der Waals surface area contributed by atoms with Crippen LogP contribution >= 0.6 is 0 Å². The second-order valence-corrected chi connectivity index (χ2v) is 10.1. The van der Waals surface area contributed by atoms with Crippen molar-refractivity contribution in [1.82, 2.24) is 0 Å². The molecule has 3 aromatic rings. The number of aliphatic hydroxyl groups excluding tert-OH is 7. The van der Waals surface area contributed by atoms with Gasteiger partial charge >= 0.3 is 0 Å². The predicted molar refractivity (Wildman–Crippen MR) is 138 cm³/mol. The molecule has 5 rings (SSSR count). The van der Waals surface area contributed by atoms with E-state index < -0.39 is 97.1 Å². The molecule has 2 aromatic carbocycles. The van der Waals surface area contributed by atoms with Crippen LogP contribution in [0.4, 0.5) is 0 Å². The number of aliphatic hydroxyl groups is 7. The second-order valence-electron chi connectivity index (χ2n) is 10.1. The largest absolute Gasteiger partial charge is 0.507 e. The van der Waals surface area contributed by atoms with Gasteiger partial charge in [-0.25, -0.2) is 0 Å². The molecule has 10 unspecified atom stereocenters. The summed E-state index contributed by atoms with van der Waals surface area (Å²) in [5, 5.41) is 102. The lowest BCUT2D eigenvalue weighted by Gasteiger charge is -2.46. The van der Waals surface area contributed by atoms with Crippen molar-refractivity contribution in [3.05, 3.63) is 52.2 Å². The summed E-state index contributed by atoms with van der Waals surface area (Å²) in [5.41, 5.74) is -0.845. The Kier molecular flexibility index (Phi) is 8.41. The number of aromatic hydroxyl groups is 3. The molecule has 2 fully saturated rings. The van der Waals surface area contributed by atoms with Crippen LogP contribution in [0.5, 0.6) is 17.2 Å². The Morgan fingerprint density at radius 3 is 2.02 bits per heavy atom. The zero-order chi connectivity index (χ0) is 30.5. The Bertz CT molecular complexity index is 1490. The number of fused-ring (bicyclic) bond motifs is 1. The fraction of sp³-hybridized carbons (Fsp3) is 0.444. The highest BCUT2D eigenvalue weighted by molar-refractivity contribution is 5.87. The van der Waals surface area contributed by atoms with E-state index in [0.717, 1.165) is 24.3 Å². The first-order valence-electron chi connectivity index (χ1n) is 12.9. The number of hydrogen-bond acceptors (Lipinski definition) is 15. The molecular formula is C27H30O15. The number of hydrogen-bond donors (Lipinski definition) is 10. The minimum Gasteiger partial charge on any atom is -0.507 e. The number of rotatable bonds is 6. The molecule has 15 heteroatoms. The van der Waals surface area contributed by atoms with E-state index >= 15 is 0 Å². The molecule has 0 bridgehead atoms. The third-order valence-corrected chi connectivity index (χ3v) is 7.46. The van der Waals surface area contributed by atoms with Crippen LogP contribution in [-0.2, 0) is 14.2 Å². The summed E-state index contributed by atoms with van der Waals surface area (Å²) in [6.45, 7) is -1.53. The maximum atomic E-state index is 13.1. The van der Waals surface area contributed by atoms with Crippen molar-refractivity contribution in [2.45, 2.75) is 61.2 Å². The van der Waals surface area contributed by atoms with Crippen molar-refractivity contribution in [2.24, 2.45) is 0 Å². The maximum absolute atomic E-state index is 13.1. The zero-order valence-corrected chi connectivity index (χ0v) is 21.7. The van der Waals surface area contributed by atoms with Gasteiger partial charge in [-0.1, -0.05) is 0 Å². The molecular weight excluding hydrogens is 564 g/mol. The topological polar surface area (TPSA) is 260 Å². The van der Waals surface area contributed by atoms with Gasteiger partial charge < -0.3 is 69.7 Å². The minimum atomic E-state index is -1.88. The minimum absolute atomic E-state index is 0.0243. The van der Waals surface area contributed by atoms with Crippen LogP contribution in [0.2, 0.25) is 0 Å². The molecule has 2 saturated heterocycles. The summed E-state index contributed by atoms with van der Waals surface area (Å²) in [7, 11) is 0. The summed E-state index contributed by atoms with van der Waals surface area (Å²) in [6, 6.07) is 7.09. The van der Waals surface area contributed by atoms with E-state index in [1.807, 2.05) is 0 Å². The molecule has 1 aromatic heterocycles. The van der Waals surface area contributed by atoms with Crippen LogP contribution < -0.4 is 5.43 Å². The average Bonchev–Trinajstić information content (AvgIpc) is 2.97. The molecule has 10 atom stereocenters. The van der Waals surface area contributed by atoms with Gasteiger partial charge in [0.05, 0.1) is 13.2 Å². The average molecular weight is 595 g/mol. The number of phenolic OH excluding ortho intramolecular Hbond substituents is 3. The molecule has 0 saturated carbocycles. The van der Waals surface area contributed by atoms with Crippen molar-refractivity contribution in [2.75, 3.05) is 13.2 Å². The summed E-state index contributed by atoms with van der Waals surface area (Å²) in [5.74, 6) is -1.51. The van der Waals surface area contributed by atoms with Gasteiger partial charge in [0.1, 0.15) is 77.4 Å². The van der Waals surface area contributed by atoms with Gasteiger partial charge in [-0.2, -0.15) is 0 Å². The highest BCUT2D eigenvalue weighted by Gasteiger charge is 2.51. The molecule has 15 nitrogen and oxygen atoms in total. The molecule has 228 valence electrons. The van der Waals surface area contributed by atoms with Crippen LogP contribution in [0.25, 0.3) is 22.3 Å². The lowest BCUT2D eigenvalue weighted by molar-refractivity contribution is -0.342. The van der Waals surface area contributed by atoms with E-state index in [4.69, 9.17) is 18.6 Å². The SMILES string of the molecule is O=c1cc(-c2ccc(O)c(O)c2)oc2c(C3OC(CO)C(O)C(O)C3OC3OC(CO)C(O)C(O)C3O)ccc(O)c12. The molecule has 42 heavy (non-hydrogen) atoms. The monoisotopic (exact) mass is 594 g/mol. The van der Waals surface area contributed by atoms with E-state index in [0.29, 0.717) is 0 Å². The molecule has 0 radical (unpaired) electrons. The van der Waals surface area contributed by atoms with Crippen LogP contribution in [0.3, 0.4) is 0 Å². The van der Waals surface area contributed by atoms with Gasteiger partial charge in [0, 0.05) is 17.2 Å². The van der Waals surface area contributed by atoms with Crippen molar-refractivity contribution in [3.8, 4) is 28.6 Å². The van der Waals surface area contributed by atoms with E-state index in [-0.39, 0.29) is 27.9 Å². The Hall–Kier alpha value is -3.35.